The van der Waals surface area contributed by atoms with Crippen molar-refractivity contribution in [1.82, 2.24) is 16.0 Å². The fourth-order valence-electron chi connectivity index (χ4n) is 3.42. The van der Waals surface area contributed by atoms with Crippen molar-refractivity contribution in [1.29, 1.82) is 0 Å². The van der Waals surface area contributed by atoms with Crippen LogP contribution in [0.4, 0.5) is 4.79 Å². The van der Waals surface area contributed by atoms with Gasteiger partial charge in [0.2, 0.25) is 0 Å². The summed E-state index contributed by atoms with van der Waals surface area (Å²) in [6, 6.07) is 14.7. The molecule has 0 heterocycles. The number of hydrogen-bond acceptors (Lipinski definition) is 4. The summed E-state index contributed by atoms with van der Waals surface area (Å²) < 4.78 is 5.99. The van der Waals surface area contributed by atoms with Crippen LogP contribution in [-0.2, 0) is 4.74 Å². The van der Waals surface area contributed by atoms with E-state index in [1.165, 1.54) is 0 Å². The van der Waals surface area contributed by atoms with Gasteiger partial charge in [-0.05, 0) is 54.8 Å². The molecule has 0 radical (unpaired) electrons. The lowest BCUT2D eigenvalue weighted by Gasteiger charge is -2.21. The Hall–Kier alpha value is -2.61. The highest BCUT2D eigenvalue weighted by atomic mass is 35.5. The van der Waals surface area contributed by atoms with E-state index in [0.29, 0.717) is 23.0 Å². The van der Waals surface area contributed by atoms with Crippen LogP contribution < -0.4 is 16.0 Å². The third-order valence-electron chi connectivity index (χ3n) is 4.94. The molecular formula is C24H32ClN3O4. The van der Waals surface area contributed by atoms with Gasteiger partial charge in [-0.1, -0.05) is 49.7 Å². The highest BCUT2D eigenvalue weighted by Gasteiger charge is 2.18. The smallest absolute Gasteiger partial charge is 0.404 e. The van der Waals surface area contributed by atoms with Crippen molar-refractivity contribution in [2.24, 2.45) is 5.92 Å². The summed E-state index contributed by atoms with van der Waals surface area (Å²) in [5.74, 6) is 0.368. The number of amides is 2. The Morgan fingerprint density at radius 1 is 1.06 bits per heavy atom. The van der Waals surface area contributed by atoms with Gasteiger partial charge in [0, 0.05) is 29.7 Å². The van der Waals surface area contributed by atoms with Crippen molar-refractivity contribution in [2.75, 3.05) is 26.7 Å². The maximum atomic E-state index is 12.8. The lowest BCUT2D eigenvalue weighted by molar-refractivity contribution is 0.0813. The Morgan fingerprint density at radius 2 is 1.75 bits per heavy atom. The largest absolute Gasteiger partial charge is 0.465 e. The van der Waals surface area contributed by atoms with Gasteiger partial charge in [-0.25, -0.2) is 4.79 Å². The molecule has 0 aliphatic carbocycles. The molecule has 2 aromatic rings. The van der Waals surface area contributed by atoms with E-state index in [1.807, 2.05) is 31.3 Å². The van der Waals surface area contributed by atoms with Gasteiger partial charge < -0.3 is 25.8 Å². The van der Waals surface area contributed by atoms with Gasteiger partial charge >= 0.3 is 6.09 Å². The third-order valence-corrected chi connectivity index (χ3v) is 5.17. The van der Waals surface area contributed by atoms with Crippen LogP contribution in [-0.4, -0.2) is 49.9 Å². The van der Waals surface area contributed by atoms with E-state index >= 15 is 0 Å². The fraction of sp³-hybridized carbons (Fsp3) is 0.417. The van der Waals surface area contributed by atoms with Crippen LogP contribution in [0.3, 0.4) is 0 Å². The van der Waals surface area contributed by atoms with E-state index in [0.717, 1.165) is 17.5 Å². The quantitative estimate of drug-likeness (QED) is 0.357. The minimum absolute atomic E-state index is 0.147. The number of nitrogens with one attached hydrogen (secondary N) is 3. The second-order valence-electron chi connectivity index (χ2n) is 7.99. The fourth-order valence-corrected chi connectivity index (χ4v) is 3.62. The molecule has 0 aliphatic heterocycles. The van der Waals surface area contributed by atoms with E-state index in [-0.39, 0.29) is 25.1 Å². The van der Waals surface area contributed by atoms with Crippen LogP contribution in [0.2, 0.25) is 5.02 Å². The minimum Gasteiger partial charge on any atom is -0.465 e. The molecule has 4 N–H and O–H groups in total. The van der Waals surface area contributed by atoms with E-state index < -0.39 is 12.2 Å². The molecule has 0 spiro atoms. The molecule has 0 saturated heterocycles. The van der Waals surface area contributed by atoms with Gasteiger partial charge in [-0.3, -0.25) is 4.79 Å². The van der Waals surface area contributed by atoms with Crippen molar-refractivity contribution in [3.63, 3.8) is 0 Å². The molecule has 7 nitrogen and oxygen atoms in total. The zero-order valence-corrected chi connectivity index (χ0v) is 19.5. The highest BCUT2D eigenvalue weighted by molar-refractivity contribution is 6.30. The topological polar surface area (TPSA) is 99.7 Å². The molecule has 0 fully saturated rings. The van der Waals surface area contributed by atoms with Gasteiger partial charge in [-0.2, -0.15) is 0 Å². The molecule has 0 bridgehead atoms. The van der Waals surface area contributed by atoms with E-state index in [1.54, 1.807) is 24.3 Å². The third kappa shape index (κ3) is 8.49. The van der Waals surface area contributed by atoms with Crippen LogP contribution >= 0.6 is 11.6 Å². The highest BCUT2D eigenvalue weighted by Crippen LogP contribution is 2.28. The molecule has 8 heteroatoms. The normalized spacial score (nSPS) is 12.9. The Balaban J connectivity index is 2.16. The first-order valence-corrected chi connectivity index (χ1v) is 11.1. The second-order valence-corrected chi connectivity index (χ2v) is 8.42. The molecule has 0 aliphatic rings. The van der Waals surface area contributed by atoms with Crippen LogP contribution in [0, 0.1) is 5.92 Å². The predicted octanol–water partition coefficient (Wildman–Crippen LogP) is 4.08. The Kier molecular flexibility index (Phi) is 10.5. The van der Waals surface area contributed by atoms with Gasteiger partial charge in [0.1, 0.15) is 6.10 Å². The Morgan fingerprint density at radius 3 is 2.38 bits per heavy atom. The number of ether oxygens (including phenoxy) is 1. The Bertz CT molecular complexity index is 891. The number of carbonyl (C=O) groups is 2. The summed E-state index contributed by atoms with van der Waals surface area (Å²) in [6.45, 7) is 5.15. The standard InChI is InChI=1S/C24H32ClN3O4/c1-16(2)12-21(26-3)15-28-23(29)19-8-4-6-17(13-19)22(32-11-10-27-24(30)31)18-7-5-9-20(25)14-18/h4-9,13-14,16,21-22,26-27H,10-12,15H2,1-3H3,(H,28,29)(H,30,31)/t21-,22?/m1/s1. The number of carbonyl (C=O) groups excluding carboxylic acids is 1. The minimum atomic E-state index is -1.11. The molecule has 32 heavy (non-hydrogen) atoms. The summed E-state index contributed by atoms with van der Waals surface area (Å²) >= 11 is 6.17. The van der Waals surface area contributed by atoms with Crippen molar-refractivity contribution < 1.29 is 19.4 Å². The number of hydrogen-bond donors (Lipinski definition) is 4. The van der Waals surface area contributed by atoms with Crippen molar-refractivity contribution in [3.8, 4) is 0 Å². The van der Waals surface area contributed by atoms with Crippen LogP contribution in [0.25, 0.3) is 0 Å². The first-order chi connectivity index (χ1) is 15.3. The zero-order chi connectivity index (χ0) is 23.5. The molecule has 2 aromatic carbocycles. The monoisotopic (exact) mass is 461 g/mol. The van der Waals surface area contributed by atoms with Crippen molar-refractivity contribution >= 4 is 23.6 Å². The number of likely N-dealkylation sites (N-methyl/N-ethyl adjacent to an activating group) is 1. The lowest BCUT2D eigenvalue weighted by atomic mass is 9.99. The molecule has 0 saturated carbocycles. The van der Waals surface area contributed by atoms with E-state index in [4.69, 9.17) is 21.4 Å². The van der Waals surface area contributed by atoms with Crippen LogP contribution in [0.5, 0.6) is 0 Å². The van der Waals surface area contributed by atoms with Crippen LogP contribution in [0.15, 0.2) is 48.5 Å². The molecule has 174 valence electrons. The maximum Gasteiger partial charge on any atom is 0.404 e. The number of carboxylic acid groups (broad SMARTS) is 1. The first-order valence-electron chi connectivity index (χ1n) is 10.7. The number of halogens is 1. The van der Waals surface area contributed by atoms with Crippen LogP contribution in [0.1, 0.15) is 47.9 Å². The van der Waals surface area contributed by atoms with E-state index in [2.05, 4.69) is 29.8 Å². The second kappa shape index (κ2) is 13.1. The van der Waals surface area contributed by atoms with Gasteiger partial charge in [-0.15, -0.1) is 0 Å². The zero-order valence-electron chi connectivity index (χ0n) is 18.7. The summed E-state index contributed by atoms with van der Waals surface area (Å²) in [7, 11) is 1.89. The average molecular weight is 462 g/mol. The number of benzene rings is 2. The summed E-state index contributed by atoms with van der Waals surface area (Å²) in [4.78, 5) is 23.5. The van der Waals surface area contributed by atoms with Crippen molar-refractivity contribution in [2.45, 2.75) is 32.4 Å². The maximum absolute atomic E-state index is 12.8. The van der Waals surface area contributed by atoms with E-state index in [9.17, 15) is 9.59 Å². The summed E-state index contributed by atoms with van der Waals surface area (Å²) in [5.41, 5.74) is 2.13. The van der Waals surface area contributed by atoms with Gasteiger partial charge in [0.15, 0.2) is 0 Å². The molecule has 0 aromatic heterocycles. The summed E-state index contributed by atoms with van der Waals surface area (Å²) in [6.07, 6.45) is -0.641. The molecular weight excluding hydrogens is 430 g/mol. The molecule has 2 amide bonds. The average Bonchev–Trinajstić information content (AvgIpc) is 2.76. The molecule has 2 rings (SSSR count). The molecule has 1 unspecified atom stereocenters. The van der Waals surface area contributed by atoms with Gasteiger partial charge in [0.25, 0.3) is 5.91 Å². The summed E-state index contributed by atoms with van der Waals surface area (Å²) in [5, 5.41) is 17.9. The van der Waals surface area contributed by atoms with Crippen molar-refractivity contribution in [3.05, 3.63) is 70.2 Å². The number of rotatable bonds is 12. The lowest BCUT2D eigenvalue weighted by Crippen LogP contribution is -2.40. The predicted molar refractivity (Wildman–Crippen MR) is 126 cm³/mol. The Labute approximate surface area is 194 Å². The molecule has 2 atom stereocenters. The SMILES string of the molecule is CN[C@@H](CNC(=O)c1cccc(C(OCCNC(=O)O)c2cccc(Cl)c2)c1)CC(C)C. The first kappa shape index (κ1) is 25.6. The van der Waals surface area contributed by atoms with Gasteiger partial charge in [0.05, 0.1) is 6.61 Å².